The van der Waals surface area contributed by atoms with E-state index in [4.69, 9.17) is 4.18 Å². The molecule has 1 nitrogen and oxygen atoms in total. The number of rotatable bonds is 2. The first kappa shape index (κ1) is 20.7. The van der Waals surface area contributed by atoms with Gasteiger partial charge in [-0.25, -0.2) is 8.78 Å². The molecule has 1 saturated heterocycles. The fourth-order valence-electron chi connectivity index (χ4n) is 3.38. The molecule has 0 radical (unpaired) electrons. The molecule has 1 fully saturated rings. The largest absolute Gasteiger partial charge is 0.291 e. The molecule has 0 spiro atoms. The highest BCUT2D eigenvalue weighted by atomic mass is 32.2. The zero-order valence-electron chi connectivity index (χ0n) is 16.6. The fourth-order valence-corrected chi connectivity index (χ4v) is 6.77. The van der Waals surface area contributed by atoms with E-state index < -0.39 is 9.01 Å². The van der Waals surface area contributed by atoms with Gasteiger partial charge in [0.15, 0.2) is 4.93 Å². The molecular weight excluding hydrogens is 382 g/mol. The molecule has 2 aromatic carbocycles. The van der Waals surface area contributed by atoms with Gasteiger partial charge in [-0.2, -0.15) is 0 Å². The van der Waals surface area contributed by atoms with Crippen LogP contribution in [0.25, 0.3) is 0 Å². The Labute approximate surface area is 169 Å². The molecule has 1 aliphatic rings. The molecule has 2 aromatic rings. The minimum absolute atomic E-state index is 0.240. The molecular formula is C22H26F2OS2. The highest BCUT2D eigenvalue weighted by Crippen LogP contribution is 2.74. The Balaban J connectivity index is 2.21. The molecule has 2 atom stereocenters. The normalized spacial score (nSPS) is 26.4. The van der Waals surface area contributed by atoms with E-state index in [9.17, 15) is 8.78 Å². The van der Waals surface area contributed by atoms with E-state index >= 15 is 0 Å². The summed E-state index contributed by atoms with van der Waals surface area (Å²) in [6.07, 6.45) is 0. The Morgan fingerprint density at radius 3 is 1.78 bits per heavy atom. The molecule has 3 rings (SSSR count). The molecule has 0 N–H and O–H groups in total. The predicted octanol–water partition coefficient (Wildman–Crippen LogP) is 7.47. The molecule has 5 heteroatoms. The Morgan fingerprint density at radius 1 is 0.778 bits per heavy atom. The third-order valence-corrected chi connectivity index (χ3v) is 9.28. The molecule has 1 aliphatic heterocycles. The molecule has 0 saturated carbocycles. The SMILES string of the molecule is CC(C)(C)[C@@]1(c2cccc(F)c2)SO[C@@](c2cccc(F)c2)(C(C)(C)C)S1. The maximum atomic E-state index is 14.1. The third kappa shape index (κ3) is 3.43. The van der Waals surface area contributed by atoms with E-state index in [0.29, 0.717) is 0 Å². The first-order chi connectivity index (χ1) is 12.4. The van der Waals surface area contributed by atoms with E-state index in [0.717, 1.165) is 11.1 Å². The van der Waals surface area contributed by atoms with Gasteiger partial charge in [-0.3, -0.25) is 4.18 Å². The van der Waals surface area contributed by atoms with Gasteiger partial charge in [0.1, 0.15) is 15.7 Å². The van der Waals surface area contributed by atoms with Crippen LogP contribution in [-0.2, 0) is 13.2 Å². The van der Waals surface area contributed by atoms with Gasteiger partial charge in [0, 0.05) is 17.5 Å². The third-order valence-electron chi connectivity index (χ3n) is 4.95. The lowest BCUT2D eigenvalue weighted by atomic mass is 9.83. The van der Waals surface area contributed by atoms with Crippen LogP contribution < -0.4 is 0 Å². The van der Waals surface area contributed by atoms with Crippen molar-refractivity contribution < 1.29 is 13.0 Å². The maximum Gasteiger partial charge on any atom is 0.160 e. The number of hydrogen-bond donors (Lipinski definition) is 0. The molecule has 1 heterocycles. The van der Waals surface area contributed by atoms with E-state index in [1.807, 2.05) is 12.1 Å². The van der Waals surface area contributed by atoms with Gasteiger partial charge in [-0.05, 0) is 40.8 Å². The van der Waals surface area contributed by atoms with Crippen molar-refractivity contribution in [3.05, 3.63) is 71.3 Å². The van der Waals surface area contributed by atoms with Gasteiger partial charge in [0.2, 0.25) is 0 Å². The quantitative estimate of drug-likeness (QED) is 0.477. The highest BCUT2D eigenvalue weighted by Gasteiger charge is 2.63. The topological polar surface area (TPSA) is 9.23 Å². The second-order valence-electron chi connectivity index (χ2n) is 9.02. The number of halogens is 2. The van der Waals surface area contributed by atoms with Gasteiger partial charge in [-0.15, -0.1) is 0 Å². The highest BCUT2D eigenvalue weighted by molar-refractivity contribution is 8.18. The maximum absolute atomic E-state index is 14.1. The standard InChI is InChI=1S/C22H26F2OS2/c1-19(2,3)21(15-9-7-11-17(23)13-15)25-27-22(26-21,20(4,5)6)16-10-8-12-18(24)14-16/h7-14H,1-6H3/t21-,22-/m1/s1. The summed E-state index contributed by atoms with van der Waals surface area (Å²) >= 11 is 3.02. The van der Waals surface area contributed by atoms with Crippen LogP contribution in [0.1, 0.15) is 52.7 Å². The van der Waals surface area contributed by atoms with E-state index in [1.54, 1.807) is 36.0 Å². The average Bonchev–Trinajstić information content (AvgIpc) is 2.98. The Kier molecular flexibility index (Phi) is 5.20. The summed E-state index contributed by atoms with van der Waals surface area (Å²) in [6.45, 7) is 12.7. The molecule has 27 heavy (non-hydrogen) atoms. The first-order valence-corrected chi connectivity index (χ1v) is 10.6. The van der Waals surface area contributed by atoms with E-state index in [1.165, 1.54) is 24.2 Å². The number of benzene rings is 2. The molecule has 0 bridgehead atoms. The number of hydrogen-bond acceptors (Lipinski definition) is 3. The minimum Gasteiger partial charge on any atom is -0.291 e. The summed E-state index contributed by atoms with van der Waals surface area (Å²) in [4.78, 5) is -0.778. The van der Waals surface area contributed by atoms with Gasteiger partial charge in [0.25, 0.3) is 0 Å². The molecule has 146 valence electrons. The molecule has 0 aliphatic carbocycles. The second-order valence-corrected chi connectivity index (χ2v) is 11.6. The fraction of sp³-hybridized carbons (Fsp3) is 0.455. The van der Waals surface area contributed by atoms with Crippen molar-refractivity contribution >= 4 is 23.8 Å². The Hall–Kier alpha value is -1.04. The van der Waals surface area contributed by atoms with Crippen LogP contribution in [0.3, 0.4) is 0 Å². The van der Waals surface area contributed by atoms with E-state index in [2.05, 4.69) is 41.5 Å². The van der Waals surface area contributed by atoms with Crippen molar-refractivity contribution in [2.75, 3.05) is 0 Å². The minimum atomic E-state index is -0.778. The Morgan fingerprint density at radius 2 is 1.30 bits per heavy atom. The van der Waals surface area contributed by atoms with Crippen LogP contribution >= 0.6 is 23.8 Å². The summed E-state index contributed by atoms with van der Waals surface area (Å²) in [5.74, 6) is -0.555. The van der Waals surface area contributed by atoms with Crippen molar-refractivity contribution in [2.45, 2.75) is 50.6 Å². The predicted molar refractivity (Wildman–Crippen MR) is 111 cm³/mol. The van der Waals surface area contributed by atoms with Gasteiger partial charge < -0.3 is 0 Å². The van der Waals surface area contributed by atoms with Crippen LogP contribution in [0.4, 0.5) is 8.78 Å². The smallest absolute Gasteiger partial charge is 0.160 e. The summed E-state index contributed by atoms with van der Waals surface area (Å²) in [6, 6.07) is 13.3. The lowest BCUT2D eigenvalue weighted by molar-refractivity contribution is 0.0764. The van der Waals surface area contributed by atoms with Crippen LogP contribution in [-0.4, -0.2) is 0 Å². The summed E-state index contributed by atoms with van der Waals surface area (Å²) in [5, 5.41) is 0. The van der Waals surface area contributed by atoms with Crippen LogP contribution in [0.2, 0.25) is 0 Å². The van der Waals surface area contributed by atoms with Gasteiger partial charge in [0.05, 0.1) is 0 Å². The lowest BCUT2D eigenvalue weighted by Crippen LogP contribution is -2.39. The summed E-state index contributed by atoms with van der Waals surface area (Å²) < 4.78 is 34.1. The van der Waals surface area contributed by atoms with Crippen molar-refractivity contribution in [2.24, 2.45) is 10.8 Å². The van der Waals surface area contributed by atoms with Gasteiger partial charge in [-0.1, -0.05) is 77.6 Å². The van der Waals surface area contributed by atoms with Crippen molar-refractivity contribution in [3.8, 4) is 0 Å². The molecule has 0 amide bonds. The van der Waals surface area contributed by atoms with Crippen LogP contribution in [0.5, 0.6) is 0 Å². The van der Waals surface area contributed by atoms with Crippen LogP contribution in [0.15, 0.2) is 48.5 Å². The Bertz CT molecular complexity index is 771. The number of thioether (sulfide) groups is 1. The second kappa shape index (κ2) is 6.78. The molecule has 0 unspecified atom stereocenters. The summed E-state index contributed by atoms with van der Waals surface area (Å²) in [7, 11) is 0. The van der Waals surface area contributed by atoms with Crippen molar-refractivity contribution in [3.63, 3.8) is 0 Å². The zero-order valence-corrected chi connectivity index (χ0v) is 18.2. The summed E-state index contributed by atoms with van der Waals surface area (Å²) in [5.41, 5.74) is 1.09. The van der Waals surface area contributed by atoms with Crippen molar-refractivity contribution in [1.29, 1.82) is 0 Å². The van der Waals surface area contributed by atoms with Crippen LogP contribution in [0, 0.1) is 22.5 Å². The zero-order chi connectivity index (χ0) is 20.1. The van der Waals surface area contributed by atoms with Gasteiger partial charge >= 0.3 is 0 Å². The monoisotopic (exact) mass is 408 g/mol. The van der Waals surface area contributed by atoms with E-state index in [-0.39, 0.29) is 22.5 Å². The average molecular weight is 409 g/mol. The van der Waals surface area contributed by atoms with Crippen molar-refractivity contribution in [1.82, 2.24) is 0 Å². The first-order valence-electron chi connectivity index (χ1n) is 9.00. The lowest BCUT2D eigenvalue weighted by Gasteiger charge is -2.44. The molecule has 0 aromatic heterocycles.